The number of rotatable bonds is 4. The Morgan fingerprint density at radius 2 is 2.18 bits per heavy atom. The van der Waals surface area contributed by atoms with E-state index in [4.69, 9.17) is 5.11 Å². The van der Waals surface area contributed by atoms with Gasteiger partial charge in [-0.15, -0.1) is 11.3 Å². The van der Waals surface area contributed by atoms with Gasteiger partial charge in [0.2, 0.25) is 0 Å². The van der Waals surface area contributed by atoms with Crippen molar-refractivity contribution >= 4 is 11.3 Å². The molecule has 0 aliphatic heterocycles. The third-order valence-electron chi connectivity index (χ3n) is 2.49. The van der Waals surface area contributed by atoms with Crippen molar-refractivity contribution in [2.75, 3.05) is 0 Å². The second-order valence-corrected chi connectivity index (χ2v) is 5.22. The topological polar surface area (TPSA) is 58.0 Å². The minimum absolute atomic E-state index is 0.173. The van der Waals surface area contributed by atoms with Crippen LogP contribution in [0.1, 0.15) is 24.5 Å². The second kappa shape index (κ2) is 4.81. The number of hydrogen-bond donors (Lipinski definition) is 2. The van der Waals surface area contributed by atoms with Crippen molar-refractivity contribution in [3.63, 3.8) is 0 Å². The lowest BCUT2D eigenvalue weighted by Gasteiger charge is -2.23. The summed E-state index contributed by atoms with van der Waals surface area (Å²) in [6.07, 6.45) is 3.26. The lowest BCUT2D eigenvalue weighted by molar-refractivity contribution is 0.396. The molecule has 2 heterocycles. The highest BCUT2D eigenvalue weighted by Crippen LogP contribution is 2.22. The van der Waals surface area contributed by atoms with E-state index in [2.05, 4.69) is 29.1 Å². The SMILES string of the molecule is CC(C)(NCc1ccc(O)cn1)c1nccs1. The molecular weight excluding hydrogens is 234 g/mol. The predicted octanol–water partition coefficient (Wildman–Crippen LogP) is 2.27. The summed E-state index contributed by atoms with van der Waals surface area (Å²) in [5.41, 5.74) is 0.723. The monoisotopic (exact) mass is 249 g/mol. The fraction of sp³-hybridized carbons (Fsp3) is 0.333. The Morgan fingerprint density at radius 3 is 2.76 bits per heavy atom. The van der Waals surface area contributed by atoms with E-state index in [-0.39, 0.29) is 11.3 Å². The number of aromatic hydroxyl groups is 1. The van der Waals surface area contributed by atoms with Crippen LogP contribution in [-0.4, -0.2) is 15.1 Å². The minimum atomic E-state index is -0.173. The van der Waals surface area contributed by atoms with Crippen LogP contribution in [0.3, 0.4) is 0 Å². The molecule has 0 aliphatic rings. The summed E-state index contributed by atoms with van der Waals surface area (Å²) >= 11 is 1.63. The Hall–Kier alpha value is -1.46. The van der Waals surface area contributed by atoms with Crippen molar-refractivity contribution in [2.45, 2.75) is 25.9 Å². The van der Waals surface area contributed by atoms with Crippen LogP contribution in [0.5, 0.6) is 5.75 Å². The molecule has 17 heavy (non-hydrogen) atoms. The highest BCUT2D eigenvalue weighted by molar-refractivity contribution is 7.09. The van der Waals surface area contributed by atoms with Crippen LogP contribution in [0.15, 0.2) is 29.9 Å². The molecular formula is C12H15N3OS. The largest absolute Gasteiger partial charge is 0.506 e. The maximum Gasteiger partial charge on any atom is 0.133 e. The molecule has 0 radical (unpaired) electrons. The first-order chi connectivity index (χ1) is 8.08. The lowest BCUT2D eigenvalue weighted by atomic mass is 10.1. The quantitative estimate of drug-likeness (QED) is 0.872. The van der Waals surface area contributed by atoms with Gasteiger partial charge in [-0.25, -0.2) is 4.98 Å². The Morgan fingerprint density at radius 1 is 1.35 bits per heavy atom. The Kier molecular flexibility index (Phi) is 3.40. The van der Waals surface area contributed by atoms with Crippen LogP contribution in [0, 0.1) is 0 Å². The molecule has 0 unspecified atom stereocenters. The van der Waals surface area contributed by atoms with E-state index in [1.165, 1.54) is 6.20 Å². The number of thiazole rings is 1. The normalized spacial score (nSPS) is 11.6. The second-order valence-electron chi connectivity index (χ2n) is 4.32. The predicted molar refractivity (Wildman–Crippen MR) is 67.9 cm³/mol. The summed E-state index contributed by atoms with van der Waals surface area (Å²) in [6.45, 7) is 4.82. The van der Waals surface area contributed by atoms with Crippen molar-refractivity contribution in [1.29, 1.82) is 0 Å². The molecule has 0 saturated heterocycles. The molecule has 0 bridgehead atoms. The van der Waals surface area contributed by atoms with Crippen molar-refractivity contribution in [1.82, 2.24) is 15.3 Å². The van der Waals surface area contributed by atoms with Crippen LogP contribution in [0.25, 0.3) is 0 Å². The summed E-state index contributed by atoms with van der Waals surface area (Å²) in [6, 6.07) is 3.45. The standard InChI is InChI=1S/C12H15N3OS/c1-12(2,11-13-5-6-17-11)15-7-9-3-4-10(16)8-14-9/h3-6,8,15-16H,7H2,1-2H3. The maximum atomic E-state index is 9.14. The van der Waals surface area contributed by atoms with Crippen molar-refractivity contribution in [3.8, 4) is 5.75 Å². The number of pyridine rings is 1. The van der Waals surface area contributed by atoms with E-state index in [0.717, 1.165) is 10.7 Å². The molecule has 0 atom stereocenters. The molecule has 4 nitrogen and oxygen atoms in total. The van der Waals surface area contributed by atoms with E-state index in [9.17, 15) is 0 Å². The Bertz CT molecular complexity index is 465. The van der Waals surface area contributed by atoms with Crippen molar-refractivity contribution in [2.24, 2.45) is 0 Å². The fourth-order valence-electron chi connectivity index (χ4n) is 1.44. The van der Waals surface area contributed by atoms with Crippen molar-refractivity contribution in [3.05, 3.63) is 40.6 Å². The van der Waals surface area contributed by atoms with Gasteiger partial charge in [-0.1, -0.05) is 0 Å². The van der Waals surface area contributed by atoms with Crippen LogP contribution in [0.2, 0.25) is 0 Å². The summed E-state index contributed by atoms with van der Waals surface area (Å²) in [7, 11) is 0. The molecule has 2 N–H and O–H groups in total. The molecule has 2 aromatic heterocycles. The van der Waals surface area contributed by atoms with Gasteiger partial charge in [0.1, 0.15) is 10.8 Å². The number of nitrogens with zero attached hydrogens (tertiary/aromatic N) is 2. The zero-order chi connectivity index (χ0) is 12.3. The van der Waals surface area contributed by atoms with E-state index < -0.39 is 0 Å². The molecule has 0 fully saturated rings. The average molecular weight is 249 g/mol. The first-order valence-corrected chi connectivity index (χ1v) is 6.25. The van der Waals surface area contributed by atoms with E-state index in [0.29, 0.717) is 6.54 Å². The van der Waals surface area contributed by atoms with Gasteiger partial charge in [-0.2, -0.15) is 0 Å². The third kappa shape index (κ3) is 3.01. The van der Waals surface area contributed by atoms with Crippen LogP contribution in [-0.2, 0) is 12.1 Å². The summed E-state index contributed by atoms with van der Waals surface area (Å²) in [5, 5.41) is 15.6. The van der Waals surface area contributed by atoms with Gasteiger partial charge < -0.3 is 10.4 Å². The van der Waals surface area contributed by atoms with Gasteiger partial charge in [-0.05, 0) is 26.0 Å². The van der Waals surface area contributed by atoms with Crippen LogP contribution in [0.4, 0.5) is 0 Å². The van der Waals surface area contributed by atoms with Gasteiger partial charge in [0.25, 0.3) is 0 Å². The van der Waals surface area contributed by atoms with Crippen LogP contribution >= 0.6 is 11.3 Å². The van der Waals surface area contributed by atoms with Gasteiger partial charge in [0, 0.05) is 18.1 Å². The molecule has 0 amide bonds. The summed E-state index contributed by atoms with van der Waals surface area (Å²) in [4.78, 5) is 8.44. The molecule has 0 aromatic carbocycles. The third-order valence-corrected chi connectivity index (χ3v) is 3.58. The maximum absolute atomic E-state index is 9.14. The highest BCUT2D eigenvalue weighted by atomic mass is 32.1. The van der Waals surface area contributed by atoms with Gasteiger partial charge in [-0.3, -0.25) is 4.98 Å². The van der Waals surface area contributed by atoms with E-state index in [1.807, 2.05) is 11.6 Å². The average Bonchev–Trinajstić information content (AvgIpc) is 2.82. The first kappa shape index (κ1) is 12.0. The number of hydrogen-bond acceptors (Lipinski definition) is 5. The fourth-order valence-corrected chi connectivity index (χ4v) is 2.18. The van der Waals surface area contributed by atoms with Crippen molar-refractivity contribution < 1.29 is 5.11 Å². The highest BCUT2D eigenvalue weighted by Gasteiger charge is 2.22. The molecule has 2 aromatic rings. The summed E-state index contributed by atoms with van der Waals surface area (Å²) < 4.78 is 0. The van der Waals surface area contributed by atoms with E-state index in [1.54, 1.807) is 23.5 Å². The molecule has 0 spiro atoms. The van der Waals surface area contributed by atoms with Gasteiger partial charge >= 0.3 is 0 Å². The molecule has 0 saturated carbocycles. The van der Waals surface area contributed by atoms with Crippen LogP contribution < -0.4 is 5.32 Å². The van der Waals surface area contributed by atoms with E-state index >= 15 is 0 Å². The molecule has 5 heteroatoms. The summed E-state index contributed by atoms with van der Waals surface area (Å²) in [5.74, 6) is 0.188. The minimum Gasteiger partial charge on any atom is -0.506 e. The zero-order valence-electron chi connectivity index (χ0n) is 9.84. The zero-order valence-corrected chi connectivity index (χ0v) is 10.7. The first-order valence-electron chi connectivity index (χ1n) is 5.37. The molecule has 0 aliphatic carbocycles. The molecule has 2 rings (SSSR count). The Balaban J connectivity index is 2.00. The number of aromatic nitrogens is 2. The lowest BCUT2D eigenvalue weighted by Crippen LogP contribution is -2.36. The smallest absolute Gasteiger partial charge is 0.133 e. The number of nitrogens with one attached hydrogen (secondary N) is 1. The molecule has 90 valence electrons. The van der Waals surface area contributed by atoms with Gasteiger partial charge in [0.15, 0.2) is 0 Å². The van der Waals surface area contributed by atoms with Gasteiger partial charge in [0.05, 0.1) is 17.4 Å². The Labute approximate surface area is 104 Å².